The average Bonchev–Trinajstić information content (AvgIpc) is 2.87. The van der Waals surface area contributed by atoms with Gasteiger partial charge in [0.25, 0.3) is 0 Å². The third-order valence-electron chi connectivity index (χ3n) is 4.48. The number of carboxylic acid groups (broad SMARTS) is 1. The summed E-state index contributed by atoms with van der Waals surface area (Å²) in [4.78, 5) is 27.1. The van der Waals surface area contributed by atoms with Crippen LogP contribution in [0, 0.1) is 17.8 Å². The van der Waals surface area contributed by atoms with Crippen LogP contribution in [0.15, 0.2) is 0 Å². The monoisotopic (exact) mass is 268 g/mol. The SMILES string of the molecule is CC(C)C1CCN(C(=O)N2CCC[C@@H](C(=O)O)C2)C1. The van der Waals surface area contributed by atoms with E-state index in [2.05, 4.69) is 13.8 Å². The highest BCUT2D eigenvalue weighted by Crippen LogP contribution is 2.26. The number of carbonyl (C=O) groups excluding carboxylic acids is 1. The van der Waals surface area contributed by atoms with Gasteiger partial charge in [0.15, 0.2) is 0 Å². The number of rotatable bonds is 2. The summed E-state index contributed by atoms with van der Waals surface area (Å²) in [5.74, 6) is 0.0233. The summed E-state index contributed by atoms with van der Waals surface area (Å²) in [7, 11) is 0. The van der Waals surface area contributed by atoms with Crippen LogP contribution >= 0.6 is 0 Å². The molecule has 19 heavy (non-hydrogen) atoms. The molecule has 1 unspecified atom stereocenters. The van der Waals surface area contributed by atoms with Crippen molar-refractivity contribution in [1.29, 1.82) is 0 Å². The third kappa shape index (κ3) is 3.19. The average molecular weight is 268 g/mol. The standard InChI is InChI=1S/C14H24N2O3/c1-10(2)11-5-7-16(8-11)14(19)15-6-3-4-12(9-15)13(17)18/h10-12H,3-9H2,1-2H3,(H,17,18)/t11?,12-/m1/s1. The van der Waals surface area contributed by atoms with Crippen LogP contribution in [0.25, 0.3) is 0 Å². The Labute approximate surface area is 114 Å². The lowest BCUT2D eigenvalue weighted by atomic mass is 9.95. The van der Waals surface area contributed by atoms with E-state index >= 15 is 0 Å². The van der Waals surface area contributed by atoms with Gasteiger partial charge in [-0.3, -0.25) is 4.79 Å². The number of urea groups is 1. The molecule has 108 valence electrons. The lowest BCUT2D eigenvalue weighted by Crippen LogP contribution is -2.48. The van der Waals surface area contributed by atoms with Crippen molar-refractivity contribution >= 4 is 12.0 Å². The second kappa shape index (κ2) is 5.80. The maximum Gasteiger partial charge on any atom is 0.320 e. The normalized spacial score (nSPS) is 27.9. The molecular weight excluding hydrogens is 244 g/mol. The largest absolute Gasteiger partial charge is 0.481 e. The van der Waals surface area contributed by atoms with Crippen molar-refractivity contribution in [2.45, 2.75) is 33.1 Å². The Hall–Kier alpha value is -1.26. The minimum Gasteiger partial charge on any atom is -0.481 e. The van der Waals surface area contributed by atoms with Crippen LogP contribution in [-0.4, -0.2) is 53.1 Å². The predicted octanol–water partition coefficient (Wildman–Crippen LogP) is 1.88. The molecule has 2 aliphatic rings. The summed E-state index contributed by atoms with van der Waals surface area (Å²) < 4.78 is 0. The minimum atomic E-state index is -0.779. The van der Waals surface area contributed by atoms with E-state index in [1.165, 1.54) is 0 Å². The molecule has 2 atom stereocenters. The molecule has 2 saturated heterocycles. The van der Waals surface area contributed by atoms with Crippen LogP contribution in [0.4, 0.5) is 4.79 Å². The summed E-state index contributed by atoms with van der Waals surface area (Å²) in [5, 5.41) is 9.07. The molecule has 2 amide bonds. The summed E-state index contributed by atoms with van der Waals surface area (Å²) >= 11 is 0. The molecule has 0 radical (unpaired) electrons. The molecule has 0 aromatic heterocycles. The van der Waals surface area contributed by atoms with E-state index in [1.807, 2.05) is 4.90 Å². The highest BCUT2D eigenvalue weighted by molar-refractivity contribution is 5.77. The van der Waals surface area contributed by atoms with Gasteiger partial charge < -0.3 is 14.9 Å². The minimum absolute atomic E-state index is 0.0362. The Balaban J connectivity index is 1.91. The van der Waals surface area contributed by atoms with Crippen LogP contribution < -0.4 is 0 Å². The van der Waals surface area contributed by atoms with Crippen molar-refractivity contribution in [3.8, 4) is 0 Å². The van der Waals surface area contributed by atoms with Gasteiger partial charge in [0.1, 0.15) is 0 Å². The molecule has 0 aromatic carbocycles. The van der Waals surface area contributed by atoms with Crippen molar-refractivity contribution in [1.82, 2.24) is 9.80 Å². The topological polar surface area (TPSA) is 60.9 Å². The molecule has 0 saturated carbocycles. The summed E-state index contributed by atoms with van der Waals surface area (Å²) in [6, 6.07) is 0.0362. The van der Waals surface area contributed by atoms with E-state index in [0.717, 1.165) is 25.9 Å². The van der Waals surface area contributed by atoms with Crippen LogP contribution in [0.1, 0.15) is 33.1 Å². The van der Waals surface area contributed by atoms with Gasteiger partial charge in [-0.1, -0.05) is 13.8 Å². The van der Waals surface area contributed by atoms with Gasteiger partial charge in [-0.25, -0.2) is 4.79 Å². The highest BCUT2D eigenvalue weighted by atomic mass is 16.4. The zero-order valence-corrected chi connectivity index (χ0v) is 11.8. The second-order valence-corrected chi connectivity index (χ2v) is 6.14. The number of hydrogen-bond acceptors (Lipinski definition) is 2. The molecule has 0 aliphatic carbocycles. The summed E-state index contributed by atoms with van der Waals surface area (Å²) in [6.07, 6.45) is 2.55. The van der Waals surface area contributed by atoms with Crippen molar-refractivity contribution in [3.05, 3.63) is 0 Å². The number of likely N-dealkylation sites (tertiary alicyclic amines) is 2. The summed E-state index contributed by atoms with van der Waals surface area (Å²) in [6.45, 7) is 7.10. The van der Waals surface area contributed by atoms with Gasteiger partial charge in [0, 0.05) is 26.2 Å². The van der Waals surface area contributed by atoms with E-state index in [4.69, 9.17) is 5.11 Å². The van der Waals surface area contributed by atoms with Crippen LogP contribution in [-0.2, 0) is 4.79 Å². The first-order valence-corrected chi connectivity index (χ1v) is 7.25. The Bertz CT molecular complexity index is 357. The number of nitrogens with zero attached hydrogens (tertiary/aromatic N) is 2. The Morgan fingerprint density at radius 1 is 1.11 bits per heavy atom. The molecule has 5 nitrogen and oxygen atoms in total. The third-order valence-corrected chi connectivity index (χ3v) is 4.48. The molecule has 2 aliphatic heterocycles. The molecule has 2 rings (SSSR count). The predicted molar refractivity (Wildman–Crippen MR) is 71.8 cm³/mol. The van der Waals surface area contributed by atoms with Crippen molar-refractivity contribution in [2.24, 2.45) is 17.8 Å². The van der Waals surface area contributed by atoms with Crippen molar-refractivity contribution in [3.63, 3.8) is 0 Å². The van der Waals surface area contributed by atoms with Gasteiger partial charge in [-0.15, -0.1) is 0 Å². The van der Waals surface area contributed by atoms with Crippen molar-refractivity contribution < 1.29 is 14.7 Å². The van der Waals surface area contributed by atoms with Crippen LogP contribution in [0.3, 0.4) is 0 Å². The van der Waals surface area contributed by atoms with E-state index in [0.29, 0.717) is 31.3 Å². The van der Waals surface area contributed by atoms with Gasteiger partial charge in [0.2, 0.25) is 0 Å². The Kier molecular flexibility index (Phi) is 4.32. The van der Waals surface area contributed by atoms with Crippen LogP contribution in [0.5, 0.6) is 0 Å². The number of aliphatic carboxylic acids is 1. The van der Waals surface area contributed by atoms with E-state index in [9.17, 15) is 9.59 Å². The van der Waals surface area contributed by atoms with E-state index in [-0.39, 0.29) is 11.9 Å². The Morgan fingerprint density at radius 3 is 2.37 bits per heavy atom. The lowest BCUT2D eigenvalue weighted by Gasteiger charge is -2.33. The molecule has 0 spiro atoms. The molecule has 0 aromatic rings. The molecule has 2 heterocycles. The fraction of sp³-hybridized carbons (Fsp3) is 0.857. The molecule has 1 N–H and O–H groups in total. The first-order valence-electron chi connectivity index (χ1n) is 7.25. The van der Waals surface area contributed by atoms with Crippen molar-refractivity contribution in [2.75, 3.05) is 26.2 Å². The number of hydrogen-bond donors (Lipinski definition) is 1. The molecule has 5 heteroatoms. The summed E-state index contributed by atoms with van der Waals surface area (Å²) in [5.41, 5.74) is 0. The number of piperidine rings is 1. The maximum absolute atomic E-state index is 12.4. The Morgan fingerprint density at radius 2 is 1.79 bits per heavy atom. The molecule has 2 fully saturated rings. The number of carboxylic acids is 1. The maximum atomic E-state index is 12.4. The quantitative estimate of drug-likeness (QED) is 0.832. The van der Waals surface area contributed by atoms with E-state index < -0.39 is 5.97 Å². The number of amides is 2. The smallest absolute Gasteiger partial charge is 0.320 e. The zero-order chi connectivity index (χ0) is 14.0. The van der Waals surface area contributed by atoms with E-state index in [1.54, 1.807) is 4.90 Å². The zero-order valence-electron chi connectivity index (χ0n) is 11.8. The molecular formula is C14H24N2O3. The first-order chi connectivity index (χ1) is 8.99. The number of carbonyl (C=O) groups is 2. The first kappa shape index (κ1) is 14.2. The van der Waals surface area contributed by atoms with Gasteiger partial charge in [-0.2, -0.15) is 0 Å². The van der Waals surface area contributed by atoms with Gasteiger partial charge >= 0.3 is 12.0 Å². The van der Waals surface area contributed by atoms with Gasteiger partial charge in [0.05, 0.1) is 5.92 Å². The highest BCUT2D eigenvalue weighted by Gasteiger charge is 2.34. The fourth-order valence-electron chi connectivity index (χ4n) is 3.06. The lowest BCUT2D eigenvalue weighted by molar-refractivity contribution is -0.143. The molecule has 0 bridgehead atoms. The van der Waals surface area contributed by atoms with Gasteiger partial charge in [-0.05, 0) is 31.1 Å². The fourth-order valence-corrected chi connectivity index (χ4v) is 3.06. The van der Waals surface area contributed by atoms with Crippen LogP contribution in [0.2, 0.25) is 0 Å². The second-order valence-electron chi connectivity index (χ2n) is 6.14.